The van der Waals surface area contributed by atoms with Gasteiger partial charge in [0.25, 0.3) is 0 Å². The summed E-state index contributed by atoms with van der Waals surface area (Å²) in [5.41, 5.74) is 2.90. The maximum atomic E-state index is 11.9. The maximum Gasteiger partial charge on any atom is 0.223 e. The highest BCUT2D eigenvalue weighted by atomic mass is 16.3. The lowest BCUT2D eigenvalue weighted by Gasteiger charge is -2.12. The topological polar surface area (TPSA) is 49.3 Å². The molecular weight excluding hydrogens is 250 g/mol. The number of hydrogen-bond acceptors (Lipinski definition) is 2. The van der Waals surface area contributed by atoms with Crippen LogP contribution in [-0.4, -0.2) is 11.0 Å². The van der Waals surface area contributed by atoms with E-state index < -0.39 is 0 Å². The van der Waals surface area contributed by atoms with Gasteiger partial charge in [-0.05, 0) is 43.9 Å². The highest BCUT2D eigenvalue weighted by molar-refractivity contribution is 5.79. The minimum absolute atomic E-state index is 0.121. The smallest absolute Gasteiger partial charge is 0.223 e. The number of hydrogen-bond donors (Lipinski definition) is 2. The molecule has 0 aliphatic heterocycles. The van der Waals surface area contributed by atoms with E-state index in [0.717, 1.165) is 42.4 Å². The van der Waals surface area contributed by atoms with E-state index in [1.54, 1.807) is 6.07 Å². The van der Waals surface area contributed by atoms with Gasteiger partial charge in [0.15, 0.2) is 0 Å². The Morgan fingerprint density at radius 3 is 2.70 bits per heavy atom. The number of phenolic OH excluding ortho intramolecular Hbond substituents is 1. The number of amides is 1. The summed E-state index contributed by atoms with van der Waals surface area (Å²) in [6.45, 7) is 4.38. The maximum absolute atomic E-state index is 11.9. The second kappa shape index (κ2) is 6.60. The molecule has 108 valence electrons. The van der Waals surface area contributed by atoms with E-state index in [4.69, 9.17) is 0 Å². The Morgan fingerprint density at radius 1 is 1.40 bits per heavy atom. The van der Waals surface area contributed by atoms with Gasteiger partial charge in [-0.1, -0.05) is 31.1 Å². The van der Waals surface area contributed by atoms with Crippen LogP contribution in [0, 0.1) is 5.92 Å². The Morgan fingerprint density at radius 2 is 2.10 bits per heavy atom. The molecule has 0 heterocycles. The third-order valence-corrected chi connectivity index (χ3v) is 4.15. The molecule has 2 N–H and O–H groups in total. The number of benzene rings is 1. The van der Waals surface area contributed by atoms with Gasteiger partial charge in [0.2, 0.25) is 5.91 Å². The molecule has 1 amide bonds. The minimum Gasteiger partial charge on any atom is -0.508 e. The van der Waals surface area contributed by atoms with Gasteiger partial charge >= 0.3 is 0 Å². The fourth-order valence-electron chi connectivity index (χ4n) is 2.64. The van der Waals surface area contributed by atoms with Gasteiger partial charge in [-0.25, -0.2) is 0 Å². The van der Waals surface area contributed by atoms with Crippen molar-refractivity contribution in [2.45, 2.75) is 46.1 Å². The lowest BCUT2D eigenvalue weighted by Crippen LogP contribution is -2.28. The summed E-state index contributed by atoms with van der Waals surface area (Å²) in [5, 5.41) is 13.0. The third kappa shape index (κ3) is 3.41. The highest BCUT2D eigenvalue weighted by Crippen LogP contribution is 2.26. The number of rotatable bonds is 4. The molecule has 2 rings (SSSR count). The monoisotopic (exact) mass is 273 g/mol. The number of carbonyl (C=O) groups is 1. The van der Waals surface area contributed by atoms with Gasteiger partial charge in [0.05, 0.1) is 0 Å². The van der Waals surface area contributed by atoms with Gasteiger partial charge in [-0.15, -0.1) is 0 Å². The lowest BCUT2D eigenvalue weighted by molar-refractivity contribution is -0.124. The Hall–Kier alpha value is -1.77. The standard InChI is InChI=1S/C17H23NO2/c1-3-12(2)14-8-9-15(16(19)10-14)11-18-17(20)13-6-4-5-7-13/h3,8-10,13,19H,4-7,11H2,1-2H3,(H,18,20)/b12-3-. The first-order valence-electron chi connectivity index (χ1n) is 7.34. The van der Waals surface area contributed by atoms with Gasteiger partial charge in [0, 0.05) is 18.0 Å². The van der Waals surface area contributed by atoms with E-state index in [0.29, 0.717) is 6.54 Å². The van der Waals surface area contributed by atoms with Gasteiger partial charge in [-0.2, -0.15) is 0 Å². The average molecular weight is 273 g/mol. The first kappa shape index (κ1) is 14.6. The summed E-state index contributed by atoms with van der Waals surface area (Å²) in [7, 11) is 0. The van der Waals surface area contributed by atoms with E-state index >= 15 is 0 Å². The molecule has 0 bridgehead atoms. The molecule has 3 nitrogen and oxygen atoms in total. The van der Waals surface area contributed by atoms with Crippen LogP contribution in [0.15, 0.2) is 24.3 Å². The summed E-state index contributed by atoms with van der Waals surface area (Å²) in [5.74, 6) is 0.535. The zero-order valence-electron chi connectivity index (χ0n) is 12.3. The molecule has 1 aliphatic carbocycles. The molecule has 3 heteroatoms. The lowest BCUT2D eigenvalue weighted by atomic mass is 10.0. The predicted molar refractivity (Wildman–Crippen MR) is 81.2 cm³/mol. The molecule has 1 aliphatic rings. The molecule has 1 fully saturated rings. The number of carbonyl (C=O) groups excluding carboxylic acids is 1. The van der Waals surface area contributed by atoms with Crippen LogP contribution in [0.2, 0.25) is 0 Å². The fourth-order valence-corrected chi connectivity index (χ4v) is 2.64. The molecular formula is C17H23NO2. The van der Waals surface area contributed by atoms with Crippen molar-refractivity contribution in [2.24, 2.45) is 5.92 Å². The van der Waals surface area contributed by atoms with Crippen LogP contribution >= 0.6 is 0 Å². The molecule has 0 radical (unpaired) electrons. The van der Waals surface area contributed by atoms with Crippen LogP contribution in [0.4, 0.5) is 0 Å². The Kier molecular flexibility index (Phi) is 4.83. The summed E-state index contributed by atoms with van der Waals surface area (Å²) in [4.78, 5) is 11.9. The van der Waals surface area contributed by atoms with Crippen molar-refractivity contribution in [3.05, 3.63) is 35.4 Å². The number of phenols is 1. The van der Waals surface area contributed by atoms with Gasteiger partial charge in [-0.3, -0.25) is 4.79 Å². The Labute approximate surface area is 120 Å². The van der Waals surface area contributed by atoms with Crippen molar-refractivity contribution < 1.29 is 9.90 Å². The number of aromatic hydroxyl groups is 1. The first-order valence-corrected chi connectivity index (χ1v) is 7.34. The van der Waals surface area contributed by atoms with E-state index in [1.807, 2.05) is 32.1 Å². The summed E-state index contributed by atoms with van der Waals surface area (Å²) in [6.07, 6.45) is 6.31. The zero-order valence-corrected chi connectivity index (χ0v) is 12.3. The van der Waals surface area contributed by atoms with Crippen molar-refractivity contribution in [1.82, 2.24) is 5.32 Å². The summed E-state index contributed by atoms with van der Waals surface area (Å²) < 4.78 is 0. The average Bonchev–Trinajstić information content (AvgIpc) is 2.99. The third-order valence-electron chi connectivity index (χ3n) is 4.15. The predicted octanol–water partition coefficient (Wildman–Crippen LogP) is 3.62. The molecule has 0 aromatic heterocycles. The minimum atomic E-state index is 0.121. The van der Waals surface area contributed by atoms with Crippen LogP contribution in [0.3, 0.4) is 0 Å². The van der Waals surface area contributed by atoms with Crippen molar-refractivity contribution >= 4 is 11.5 Å². The largest absolute Gasteiger partial charge is 0.508 e. The van der Waals surface area contributed by atoms with Crippen LogP contribution in [0.5, 0.6) is 5.75 Å². The second-order valence-electron chi connectivity index (χ2n) is 5.51. The first-order chi connectivity index (χ1) is 9.61. The van der Waals surface area contributed by atoms with Crippen molar-refractivity contribution in [2.75, 3.05) is 0 Å². The van der Waals surface area contributed by atoms with Crippen molar-refractivity contribution in [3.63, 3.8) is 0 Å². The van der Waals surface area contributed by atoms with Crippen LogP contribution in [-0.2, 0) is 11.3 Å². The molecule has 1 aromatic rings. The zero-order chi connectivity index (χ0) is 14.5. The Bertz CT molecular complexity index is 514. The molecule has 1 saturated carbocycles. The molecule has 0 spiro atoms. The van der Waals surface area contributed by atoms with E-state index in [2.05, 4.69) is 5.32 Å². The van der Waals surface area contributed by atoms with Gasteiger partial charge in [0.1, 0.15) is 5.75 Å². The van der Waals surface area contributed by atoms with E-state index in [9.17, 15) is 9.90 Å². The number of allylic oxidation sites excluding steroid dienone is 2. The molecule has 20 heavy (non-hydrogen) atoms. The molecule has 1 aromatic carbocycles. The second-order valence-corrected chi connectivity index (χ2v) is 5.51. The quantitative estimate of drug-likeness (QED) is 0.880. The molecule has 0 atom stereocenters. The van der Waals surface area contributed by atoms with Crippen LogP contribution < -0.4 is 5.32 Å². The van der Waals surface area contributed by atoms with Crippen molar-refractivity contribution in [1.29, 1.82) is 0 Å². The summed E-state index contributed by atoms with van der Waals surface area (Å²) >= 11 is 0. The molecule has 0 saturated heterocycles. The van der Waals surface area contributed by atoms with E-state index in [1.165, 1.54) is 0 Å². The van der Waals surface area contributed by atoms with Crippen LogP contribution in [0.1, 0.15) is 50.7 Å². The van der Waals surface area contributed by atoms with Crippen molar-refractivity contribution in [3.8, 4) is 5.75 Å². The fraction of sp³-hybridized carbons (Fsp3) is 0.471. The van der Waals surface area contributed by atoms with E-state index in [-0.39, 0.29) is 17.6 Å². The summed E-state index contributed by atoms with van der Waals surface area (Å²) in [6, 6.07) is 5.62. The van der Waals surface area contributed by atoms with Gasteiger partial charge < -0.3 is 10.4 Å². The normalized spacial score (nSPS) is 16.4. The molecule has 0 unspecified atom stereocenters. The Balaban J connectivity index is 1.97. The SMILES string of the molecule is C/C=C(/C)c1ccc(CNC(=O)C2CCCC2)c(O)c1. The van der Waals surface area contributed by atoms with Crippen LogP contribution in [0.25, 0.3) is 5.57 Å². The highest BCUT2D eigenvalue weighted by Gasteiger charge is 2.22. The number of nitrogens with one attached hydrogen (secondary N) is 1.